The average molecular weight is 261 g/mol. The predicted molar refractivity (Wildman–Crippen MR) is 78.2 cm³/mol. The van der Waals surface area contributed by atoms with Gasteiger partial charge in [0.1, 0.15) is 6.33 Å². The number of hydrogen-bond acceptors (Lipinski definition) is 4. The number of pyridine rings is 1. The number of rotatable bonds is 1. The van der Waals surface area contributed by atoms with Crippen molar-refractivity contribution in [2.45, 2.75) is 39.0 Å². The molecule has 0 radical (unpaired) electrons. The Morgan fingerprint density at radius 3 is 2.95 bits per heavy atom. The van der Waals surface area contributed by atoms with Crippen LogP contribution in [-0.4, -0.2) is 27.7 Å². The van der Waals surface area contributed by atoms with Gasteiger partial charge in [-0.25, -0.2) is 9.50 Å². The van der Waals surface area contributed by atoms with Gasteiger partial charge in [-0.15, -0.1) is 0 Å². The van der Waals surface area contributed by atoms with Gasteiger partial charge >= 0.3 is 0 Å². The second-order valence-corrected chi connectivity index (χ2v) is 5.01. The molecule has 0 aromatic carbocycles. The maximum absolute atomic E-state index is 5.96. The molecule has 3 N–H and O–H groups in total. The highest BCUT2D eigenvalue weighted by Crippen LogP contribution is 2.25. The first-order valence-electron chi connectivity index (χ1n) is 7.05. The molecule has 1 aliphatic rings. The topological polar surface area (TPSA) is 68.2 Å². The minimum absolute atomic E-state index is 0.546. The van der Waals surface area contributed by atoms with Gasteiger partial charge in [-0.2, -0.15) is 5.10 Å². The molecule has 1 fully saturated rings. The zero-order valence-corrected chi connectivity index (χ0v) is 11.8. The van der Waals surface area contributed by atoms with E-state index in [0.29, 0.717) is 11.6 Å². The Morgan fingerprint density at radius 1 is 1.47 bits per heavy atom. The normalized spacial score (nSPS) is 18.9. The summed E-state index contributed by atoms with van der Waals surface area (Å²) in [5.41, 5.74) is 8.67. The first-order valence-corrected chi connectivity index (χ1v) is 7.05. The summed E-state index contributed by atoms with van der Waals surface area (Å²) in [5.74, 6) is 0.546. The summed E-state index contributed by atoms with van der Waals surface area (Å²) < 4.78 is 1.76. The van der Waals surface area contributed by atoms with Gasteiger partial charge < -0.3 is 11.1 Å². The number of anilines is 1. The lowest BCUT2D eigenvalue weighted by molar-refractivity contribution is 0.460. The molecular formula is C14H23N5. The third kappa shape index (κ3) is 3.23. The molecule has 19 heavy (non-hydrogen) atoms. The van der Waals surface area contributed by atoms with Crippen molar-refractivity contribution in [3.63, 3.8) is 0 Å². The fourth-order valence-electron chi connectivity index (χ4n) is 2.33. The Hall–Kier alpha value is -1.62. The van der Waals surface area contributed by atoms with E-state index >= 15 is 0 Å². The van der Waals surface area contributed by atoms with Crippen molar-refractivity contribution in [2.24, 2.45) is 0 Å². The molecule has 2 aromatic heterocycles. The minimum atomic E-state index is 0.546. The van der Waals surface area contributed by atoms with Crippen molar-refractivity contribution >= 4 is 11.3 Å². The lowest BCUT2D eigenvalue weighted by atomic mass is 9.93. The number of aromatic nitrogens is 3. The molecule has 0 spiro atoms. The van der Waals surface area contributed by atoms with Crippen molar-refractivity contribution in [1.29, 1.82) is 0 Å². The van der Waals surface area contributed by atoms with E-state index in [1.54, 1.807) is 4.52 Å². The molecule has 5 nitrogen and oxygen atoms in total. The summed E-state index contributed by atoms with van der Waals surface area (Å²) in [6.45, 7) is 6.40. The van der Waals surface area contributed by atoms with Gasteiger partial charge in [-0.3, -0.25) is 0 Å². The van der Waals surface area contributed by atoms with E-state index in [4.69, 9.17) is 5.73 Å². The summed E-state index contributed by atoms with van der Waals surface area (Å²) in [7, 11) is 0. The van der Waals surface area contributed by atoms with E-state index in [0.717, 1.165) is 18.7 Å². The highest BCUT2D eigenvalue weighted by molar-refractivity contribution is 5.64. The van der Waals surface area contributed by atoms with Crippen LogP contribution in [0, 0.1) is 0 Å². The summed E-state index contributed by atoms with van der Waals surface area (Å²) in [6.07, 6.45) is 7.26. The standard InChI is InChI=1S/C11H15N5.C3H8/c12-10-4-9(8-2-1-3-13-5-8)6-16-11(10)14-7-15-16;1-3-2/h4,6-8,13H,1-3,5,12H2;3H2,1-2H3. The number of piperidine rings is 1. The molecule has 1 aliphatic heterocycles. The smallest absolute Gasteiger partial charge is 0.178 e. The molecular weight excluding hydrogens is 238 g/mol. The predicted octanol–water partition coefficient (Wildman–Crippen LogP) is 2.19. The van der Waals surface area contributed by atoms with Gasteiger partial charge in [0, 0.05) is 12.7 Å². The van der Waals surface area contributed by atoms with E-state index in [1.165, 1.54) is 31.2 Å². The van der Waals surface area contributed by atoms with Crippen LogP contribution in [0.3, 0.4) is 0 Å². The van der Waals surface area contributed by atoms with Crippen LogP contribution in [0.2, 0.25) is 0 Å². The molecule has 1 atom stereocenters. The van der Waals surface area contributed by atoms with E-state index in [9.17, 15) is 0 Å². The molecule has 0 aliphatic carbocycles. The fourth-order valence-corrected chi connectivity index (χ4v) is 2.33. The third-order valence-corrected chi connectivity index (χ3v) is 3.19. The maximum Gasteiger partial charge on any atom is 0.178 e. The van der Waals surface area contributed by atoms with Crippen LogP contribution in [-0.2, 0) is 0 Å². The number of fused-ring (bicyclic) bond motifs is 1. The zero-order valence-electron chi connectivity index (χ0n) is 11.8. The molecule has 1 unspecified atom stereocenters. The van der Waals surface area contributed by atoms with Crippen molar-refractivity contribution in [3.8, 4) is 0 Å². The van der Waals surface area contributed by atoms with E-state index in [2.05, 4.69) is 29.2 Å². The maximum atomic E-state index is 5.96. The quantitative estimate of drug-likeness (QED) is 0.825. The molecule has 2 aromatic rings. The number of hydrogen-bond donors (Lipinski definition) is 2. The molecule has 3 heterocycles. The molecule has 0 bridgehead atoms. The van der Waals surface area contributed by atoms with Crippen molar-refractivity contribution in [3.05, 3.63) is 24.2 Å². The largest absolute Gasteiger partial charge is 0.396 e. The Kier molecular flexibility index (Phi) is 4.74. The molecule has 0 saturated carbocycles. The Labute approximate surface area is 114 Å². The minimum Gasteiger partial charge on any atom is -0.396 e. The molecule has 5 heteroatoms. The summed E-state index contributed by atoms with van der Waals surface area (Å²) >= 11 is 0. The van der Waals surface area contributed by atoms with Gasteiger partial charge in [0.15, 0.2) is 5.65 Å². The van der Waals surface area contributed by atoms with Crippen molar-refractivity contribution in [2.75, 3.05) is 18.8 Å². The SMILES string of the molecule is CCC.Nc1cc(C2CCCNC2)cn2ncnc12. The highest BCUT2D eigenvalue weighted by Gasteiger charge is 2.16. The lowest BCUT2D eigenvalue weighted by Crippen LogP contribution is -2.28. The average Bonchev–Trinajstić information content (AvgIpc) is 2.89. The van der Waals surface area contributed by atoms with Crippen LogP contribution in [0.25, 0.3) is 5.65 Å². The van der Waals surface area contributed by atoms with Gasteiger partial charge in [0.25, 0.3) is 0 Å². The molecule has 104 valence electrons. The number of nitrogen functional groups attached to an aromatic ring is 1. The van der Waals surface area contributed by atoms with E-state index in [-0.39, 0.29) is 0 Å². The van der Waals surface area contributed by atoms with Crippen LogP contribution in [0.5, 0.6) is 0 Å². The van der Waals surface area contributed by atoms with E-state index < -0.39 is 0 Å². The van der Waals surface area contributed by atoms with Crippen LogP contribution in [0.1, 0.15) is 44.6 Å². The summed E-state index contributed by atoms with van der Waals surface area (Å²) in [5, 5.41) is 7.55. The Morgan fingerprint density at radius 2 is 2.26 bits per heavy atom. The van der Waals surface area contributed by atoms with Crippen LogP contribution >= 0.6 is 0 Å². The van der Waals surface area contributed by atoms with Crippen LogP contribution in [0.15, 0.2) is 18.6 Å². The lowest BCUT2D eigenvalue weighted by Gasteiger charge is -2.23. The third-order valence-electron chi connectivity index (χ3n) is 3.19. The van der Waals surface area contributed by atoms with Crippen LogP contribution < -0.4 is 11.1 Å². The second-order valence-electron chi connectivity index (χ2n) is 5.01. The first kappa shape index (κ1) is 13.8. The fraction of sp³-hybridized carbons (Fsp3) is 0.571. The first-order chi connectivity index (χ1) is 9.26. The van der Waals surface area contributed by atoms with Gasteiger partial charge in [-0.1, -0.05) is 20.3 Å². The van der Waals surface area contributed by atoms with Crippen molar-refractivity contribution in [1.82, 2.24) is 19.9 Å². The Balaban J connectivity index is 0.000000408. The van der Waals surface area contributed by atoms with Gasteiger partial charge in [0.2, 0.25) is 0 Å². The summed E-state index contributed by atoms with van der Waals surface area (Å²) in [6, 6.07) is 2.03. The number of nitrogens with two attached hydrogens (primary N) is 1. The molecule has 1 saturated heterocycles. The van der Waals surface area contributed by atoms with Crippen LogP contribution in [0.4, 0.5) is 5.69 Å². The molecule has 3 rings (SSSR count). The highest BCUT2D eigenvalue weighted by atomic mass is 15.3. The number of nitrogens with one attached hydrogen (secondary N) is 1. The Bertz CT molecular complexity index is 514. The molecule has 0 amide bonds. The van der Waals surface area contributed by atoms with Crippen molar-refractivity contribution < 1.29 is 0 Å². The zero-order chi connectivity index (χ0) is 13.7. The monoisotopic (exact) mass is 261 g/mol. The summed E-state index contributed by atoms with van der Waals surface area (Å²) in [4.78, 5) is 4.12. The van der Waals surface area contributed by atoms with E-state index in [1.807, 2.05) is 12.3 Å². The van der Waals surface area contributed by atoms with Gasteiger partial charge in [-0.05, 0) is 36.9 Å². The second kappa shape index (κ2) is 6.52. The van der Waals surface area contributed by atoms with Gasteiger partial charge in [0.05, 0.1) is 5.69 Å². The number of nitrogens with zero attached hydrogens (tertiary/aromatic N) is 3.